The summed E-state index contributed by atoms with van der Waals surface area (Å²) >= 11 is 5.86. The van der Waals surface area contributed by atoms with Crippen LogP contribution in [0.4, 0.5) is 5.82 Å². The largest absolute Gasteiger partial charge is 0.382 e. The van der Waals surface area contributed by atoms with E-state index < -0.39 is 10.0 Å². The summed E-state index contributed by atoms with van der Waals surface area (Å²) in [5.74, 6) is 0.428. The van der Waals surface area contributed by atoms with Crippen LogP contribution < -0.4 is 5.73 Å². The van der Waals surface area contributed by atoms with E-state index in [0.717, 1.165) is 12.8 Å². The Morgan fingerprint density at radius 1 is 1.53 bits per heavy atom. The Bertz CT molecular complexity index is 574. The van der Waals surface area contributed by atoms with Crippen LogP contribution in [-0.4, -0.2) is 30.3 Å². The molecule has 0 aromatic carbocycles. The Kier molecular flexibility index (Phi) is 4.03. The van der Waals surface area contributed by atoms with Crippen molar-refractivity contribution in [2.75, 3.05) is 12.3 Å². The Morgan fingerprint density at radius 2 is 2.21 bits per heavy atom. The lowest BCUT2D eigenvalue weighted by Gasteiger charge is -2.26. The van der Waals surface area contributed by atoms with Crippen LogP contribution in [0, 0.1) is 5.92 Å². The van der Waals surface area contributed by atoms with Crippen molar-refractivity contribution in [2.24, 2.45) is 5.92 Å². The average molecular weight is 304 g/mol. The molecule has 7 heteroatoms. The number of hydrogen-bond donors (Lipinski definition) is 1. The molecular formula is C12H18ClN3O2S. The minimum Gasteiger partial charge on any atom is -0.382 e. The predicted octanol–water partition coefficient (Wildman–Crippen LogP) is 2.13. The molecule has 106 valence electrons. The summed E-state index contributed by atoms with van der Waals surface area (Å²) in [5, 5.41) is 0.168. The molecular weight excluding hydrogens is 286 g/mol. The van der Waals surface area contributed by atoms with Crippen LogP contribution in [0.25, 0.3) is 0 Å². The molecule has 1 saturated heterocycles. The summed E-state index contributed by atoms with van der Waals surface area (Å²) in [5.41, 5.74) is 5.51. The highest BCUT2D eigenvalue weighted by atomic mass is 35.5. The monoisotopic (exact) mass is 303 g/mol. The third kappa shape index (κ3) is 2.70. The van der Waals surface area contributed by atoms with Gasteiger partial charge in [0.1, 0.15) is 10.7 Å². The van der Waals surface area contributed by atoms with Gasteiger partial charge in [-0.3, -0.25) is 0 Å². The molecule has 2 N–H and O–H groups in total. The SMILES string of the molecule is CC(C)C1CCCN1S(=O)(=O)c1cnc(N)c(Cl)c1. The minimum atomic E-state index is -3.54. The maximum atomic E-state index is 12.6. The number of halogens is 1. The second-order valence-electron chi connectivity index (χ2n) is 5.11. The lowest BCUT2D eigenvalue weighted by Crippen LogP contribution is -2.38. The van der Waals surface area contributed by atoms with Crippen LogP contribution in [-0.2, 0) is 10.0 Å². The smallest absolute Gasteiger partial charge is 0.244 e. The molecule has 1 aromatic rings. The van der Waals surface area contributed by atoms with E-state index in [0.29, 0.717) is 6.54 Å². The van der Waals surface area contributed by atoms with E-state index in [1.54, 1.807) is 4.31 Å². The molecule has 0 amide bonds. The first kappa shape index (κ1) is 14.6. The fourth-order valence-electron chi connectivity index (χ4n) is 2.44. The first-order chi connectivity index (χ1) is 8.84. The van der Waals surface area contributed by atoms with Crippen LogP contribution in [0.5, 0.6) is 0 Å². The molecule has 0 saturated carbocycles. The molecule has 1 unspecified atom stereocenters. The number of pyridine rings is 1. The predicted molar refractivity (Wildman–Crippen MR) is 75.4 cm³/mol. The topological polar surface area (TPSA) is 76.3 Å². The van der Waals surface area contributed by atoms with Crippen LogP contribution in [0.15, 0.2) is 17.2 Å². The number of rotatable bonds is 3. The molecule has 1 aliphatic heterocycles. The number of hydrogen-bond acceptors (Lipinski definition) is 4. The summed E-state index contributed by atoms with van der Waals surface area (Å²) in [6.45, 7) is 4.62. The summed E-state index contributed by atoms with van der Waals surface area (Å²) in [6.07, 6.45) is 3.05. The first-order valence-corrected chi connectivity index (χ1v) is 8.08. The van der Waals surface area contributed by atoms with Crippen molar-refractivity contribution in [3.05, 3.63) is 17.3 Å². The standard InChI is InChI=1S/C12H18ClN3O2S/c1-8(2)11-4-3-5-16(11)19(17,18)9-6-10(13)12(14)15-7-9/h6-8,11H,3-5H2,1-2H3,(H2,14,15). The highest BCUT2D eigenvalue weighted by molar-refractivity contribution is 7.89. The van der Waals surface area contributed by atoms with Crippen molar-refractivity contribution < 1.29 is 8.42 Å². The maximum Gasteiger partial charge on any atom is 0.244 e. The number of sulfonamides is 1. The van der Waals surface area contributed by atoms with Crippen molar-refractivity contribution in [2.45, 2.75) is 37.6 Å². The van der Waals surface area contributed by atoms with Crippen LogP contribution in [0.3, 0.4) is 0 Å². The lowest BCUT2D eigenvalue weighted by atomic mass is 10.0. The van der Waals surface area contributed by atoms with Gasteiger partial charge in [0.25, 0.3) is 0 Å². The Labute approximate surface area is 118 Å². The van der Waals surface area contributed by atoms with Crippen molar-refractivity contribution in [1.82, 2.24) is 9.29 Å². The molecule has 19 heavy (non-hydrogen) atoms. The number of nitrogen functional groups attached to an aromatic ring is 1. The van der Waals surface area contributed by atoms with E-state index in [4.69, 9.17) is 17.3 Å². The van der Waals surface area contributed by atoms with Gasteiger partial charge in [0.15, 0.2) is 0 Å². The Morgan fingerprint density at radius 3 is 2.79 bits per heavy atom. The first-order valence-electron chi connectivity index (χ1n) is 6.27. The van der Waals surface area contributed by atoms with Gasteiger partial charge in [-0.2, -0.15) is 4.31 Å². The molecule has 2 heterocycles. The molecule has 0 aliphatic carbocycles. The molecule has 1 aliphatic rings. The van der Waals surface area contributed by atoms with Gasteiger partial charge in [0.2, 0.25) is 10.0 Å². The zero-order valence-corrected chi connectivity index (χ0v) is 12.6. The normalized spacial score (nSPS) is 21.2. The number of aromatic nitrogens is 1. The van der Waals surface area contributed by atoms with Crippen molar-refractivity contribution in [1.29, 1.82) is 0 Å². The second-order valence-corrected chi connectivity index (χ2v) is 7.41. The van der Waals surface area contributed by atoms with Gasteiger partial charge in [-0.05, 0) is 24.8 Å². The second kappa shape index (κ2) is 5.26. The van der Waals surface area contributed by atoms with Gasteiger partial charge in [-0.1, -0.05) is 25.4 Å². The molecule has 0 spiro atoms. The van der Waals surface area contributed by atoms with E-state index >= 15 is 0 Å². The van der Waals surface area contributed by atoms with Crippen molar-refractivity contribution in [3.8, 4) is 0 Å². The summed E-state index contributed by atoms with van der Waals surface area (Å²) < 4.78 is 26.8. The van der Waals surface area contributed by atoms with Crippen LogP contribution in [0.1, 0.15) is 26.7 Å². The zero-order valence-electron chi connectivity index (χ0n) is 11.0. The summed E-state index contributed by atoms with van der Waals surface area (Å²) in [7, 11) is -3.54. The van der Waals surface area contributed by atoms with Gasteiger partial charge in [-0.25, -0.2) is 13.4 Å². The van der Waals surface area contributed by atoms with E-state index in [-0.39, 0.29) is 27.7 Å². The Balaban J connectivity index is 2.39. The number of nitrogens with two attached hydrogens (primary N) is 1. The van der Waals surface area contributed by atoms with E-state index in [2.05, 4.69) is 4.98 Å². The summed E-state index contributed by atoms with van der Waals surface area (Å²) in [4.78, 5) is 3.94. The van der Waals surface area contributed by atoms with E-state index in [1.807, 2.05) is 13.8 Å². The van der Waals surface area contributed by atoms with Crippen molar-refractivity contribution in [3.63, 3.8) is 0 Å². The minimum absolute atomic E-state index is 0.0429. The molecule has 1 atom stereocenters. The van der Waals surface area contributed by atoms with Gasteiger partial charge in [0, 0.05) is 18.8 Å². The van der Waals surface area contributed by atoms with Crippen LogP contribution in [0.2, 0.25) is 5.02 Å². The third-order valence-corrected chi connectivity index (χ3v) is 5.66. The van der Waals surface area contributed by atoms with Crippen LogP contribution >= 0.6 is 11.6 Å². The molecule has 1 aromatic heterocycles. The van der Waals surface area contributed by atoms with Gasteiger partial charge >= 0.3 is 0 Å². The molecule has 2 rings (SSSR count). The van der Waals surface area contributed by atoms with Gasteiger partial charge in [0.05, 0.1) is 5.02 Å². The summed E-state index contributed by atoms with van der Waals surface area (Å²) in [6, 6.07) is 1.41. The number of anilines is 1. The average Bonchev–Trinajstić information content (AvgIpc) is 2.82. The number of nitrogens with zero attached hydrogens (tertiary/aromatic N) is 2. The highest BCUT2D eigenvalue weighted by Crippen LogP contribution is 2.31. The molecule has 5 nitrogen and oxygen atoms in total. The van der Waals surface area contributed by atoms with E-state index in [9.17, 15) is 8.42 Å². The molecule has 0 radical (unpaired) electrons. The highest BCUT2D eigenvalue weighted by Gasteiger charge is 2.37. The Hall–Kier alpha value is -0.850. The zero-order chi connectivity index (χ0) is 14.2. The van der Waals surface area contributed by atoms with Gasteiger partial charge < -0.3 is 5.73 Å². The van der Waals surface area contributed by atoms with E-state index in [1.165, 1.54) is 12.3 Å². The molecule has 1 fully saturated rings. The fourth-order valence-corrected chi connectivity index (χ4v) is 4.47. The van der Waals surface area contributed by atoms with Gasteiger partial charge in [-0.15, -0.1) is 0 Å². The fraction of sp³-hybridized carbons (Fsp3) is 0.583. The molecule has 0 bridgehead atoms. The third-order valence-electron chi connectivity index (χ3n) is 3.47. The lowest BCUT2D eigenvalue weighted by molar-refractivity contribution is 0.315. The quantitative estimate of drug-likeness (QED) is 0.928. The van der Waals surface area contributed by atoms with Crippen molar-refractivity contribution >= 4 is 27.4 Å². The maximum absolute atomic E-state index is 12.6.